The first-order chi connectivity index (χ1) is 9.97. The average Bonchev–Trinajstić information content (AvgIpc) is 2.70. The van der Waals surface area contributed by atoms with Gasteiger partial charge in [0, 0.05) is 18.3 Å². The highest BCUT2D eigenvalue weighted by Gasteiger charge is 2.34. The summed E-state index contributed by atoms with van der Waals surface area (Å²) in [7, 11) is 0. The van der Waals surface area contributed by atoms with E-state index in [1.54, 1.807) is 6.07 Å². The van der Waals surface area contributed by atoms with Crippen LogP contribution in [0.1, 0.15) is 50.2 Å². The molecule has 1 heterocycles. The molecule has 1 unspecified atom stereocenters. The molecule has 1 fully saturated rings. The maximum Gasteiger partial charge on any atom is 0.417 e. The highest BCUT2D eigenvalue weighted by Crippen LogP contribution is 2.35. The van der Waals surface area contributed by atoms with Gasteiger partial charge in [0.1, 0.15) is 0 Å². The van der Waals surface area contributed by atoms with Crippen molar-refractivity contribution in [3.05, 3.63) is 29.3 Å². The van der Waals surface area contributed by atoms with Gasteiger partial charge in [0.2, 0.25) is 0 Å². The highest BCUT2D eigenvalue weighted by atomic mass is 19.4. The molecule has 1 saturated heterocycles. The molecule has 0 bridgehead atoms. The lowest BCUT2D eigenvalue weighted by atomic mass is 10.0. The van der Waals surface area contributed by atoms with E-state index in [1.165, 1.54) is 12.1 Å². The second kappa shape index (κ2) is 6.38. The summed E-state index contributed by atoms with van der Waals surface area (Å²) in [4.78, 5) is 2.16. The van der Waals surface area contributed by atoms with Crippen molar-refractivity contribution >= 4 is 5.69 Å². The van der Waals surface area contributed by atoms with E-state index < -0.39 is 11.7 Å². The van der Waals surface area contributed by atoms with Crippen LogP contribution in [0.3, 0.4) is 0 Å². The van der Waals surface area contributed by atoms with Gasteiger partial charge in [-0.05, 0) is 37.5 Å². The fourth-order valence-corrected chi connectivity index (χ4v) is 2.99. The SMILES string of the molecule is CCC1CCCCCN1c1ccc(C(F)(F)F)c(C#N)c1. The van der Waals surface area contributed by atoms with Gasteiger partial charge in [0.25, 0.3) is 0 Å². The first-order valence-corrected chi connectivity index (χ1v) is 7.35. The number of nitriles is 1. The van der Waals surface area contributed by atoms with Crippen LogP contribution in [0.5, 0.6) is 0 Å². The number of nitrogens with zero attached hydrogens (tertiary/aromatic N) is 2. The Morgan fingerprint density at radius 1 is 1.29 bits per heavy atom. The molecule has 0 amide bonds. The molecule has 5 heteroatoms. The summed E-state index contributed by atoms with van der Waals surface area (Å²) in [6.07, 6.45) is 0.883. The Kier molecular flexibility index (Phi) is 4.76. The van der Waals surface area contributed by atoms with E-state index in [-0.39, 0.29) is 5.56 Å². The van der Waals surface area contributed by atoms with Crippen LogP contribution in [-0.4, -0.2) is 12.6 Å². The van der Waals surface area contributed by atoms with Crippen LogP contribution in [0, 0.1) is 11.3 Å². The quantitative estimate of drug-likeness (QED) is 0.788. The predicted molar refractivity (Wildman–Crippen MR) is 76.1 cm³/mol. The number of rotatable bonds is 2. The van der Waals surface area contributed by atoms with Crippen LogP contribution in [0.25, 0.3) is 0 Å². The van der Waals surface area contributed by atoms with E-state index in [0.29, 0.717) is 6.04 Å². The van der Waals surface area contributed by atoms with Gasteiger partial charge >= 0.3 is 6.18 Å². The Morgan fingerprint density at radius 2 is 2.05 bits per heavy atom. The Hall–Kier alpha value is -1.70. The van der Waals surface area contributed by atoms with Gasteiger partial charge in [-0.2, -0.15) is 18.4 Å². The molecule has 1 aliphatic rings. The van der Waals surface area contributed by atoms with Gasteiger partial charge in [0.15, 0.2) is 0 Å². The standard InChI is InChI=1S/C16H19F3N2/c1-2-13-6-4-3-5-9-21(13)14-7-8-15(16(17,18)19)12(10-14)11-20/h7-8,10,13H,2-6,9H2,1H3. The molecule has 21 heavy (non-hydrogen) atoms. The van der Waals surface area contributed by atoms with Gasteiger partial charge in [-0.3, -0.25) is 0 Å². The van der Waals surface area contributed by atoms with Crippen molar-refractivity contribution in [2.24, 2.45) is 0 Å². The summed E-state index contributed by atoms with van der Waals surface area (Å²) in [5, 5.41) is 9.01. The topological polar surface area (TPSA) is 27.0 Å². The molecular weight excluding hydrogens is 277 g/mol. The third kappa shape index (κ3) is 3.49. The highest BCUT2D eigenvalue weighted by molar-refractivity contribution is 5.56. The molecule has 0 spiro atoms. The zero-order valence-corrected chi connectivity index (χ0v) is 12.1. The number of hydrogen-bond acceptors (Lipinski definition) is 2. The molecule has 2 rings (SSSR count). The van der Waals surface area contributed by atoms with Crippen LogP contribution in [-0.2, 0) is 6.18 Å². The Bertz CT molecular complexity index is 531. The number of halogens is 3. The van der Waals surface area contributed by atoms with Gasteiger partial charge in [-0.25, -0.2) is 0 Å². The van der Waals surface area contributed by atoms with Crippen molar-refractivity contribution in [2.45, 2.75) is 51.2 Å². The third-order valence-electron chi connectivity index (χ3n) is 4.11. The predicted octanol–water partition coefficient (Wildman–Crippen LogP) is 4.74. The largest absolute Gasteiger partial charge is 0.417 e. The Morgan fingerprint density at radius 3 is 2.67 bits per heavy atom. The van der Waals surface area contributed by atoms with Crippen LogP contribution >= 0.6 is 0 Å². The first-order valence-electron chi connectivity index (χ1n) is 7.35. The second-order valence-electron chi connectivity index (χ2n) is 5.44. The molecule has 0 N–H and O–H groups in total. The van der Waals surface area contributed by atoms with Crippen LogP contribution in [0.2, 0.25) is 0 Å². The minimum Gasteiger partial charge on any atom is -0.369 e. The van der Waals surface area contributed by atoms with Crippen molar-refractivity contribution in [1.29, 1.82) is 5.26 Å². The molecule has 1 aliphatic heterocycles. The molecule has 0 radical (unpaired) electrons. The third-order valence-corrected chi connectivity index (χ3v) is 4.11. The second-order valence-corrected chi connectivity index (χ2v) is 5.44. The van der Waals surface area contributed by atoms with Crippen LogP contribution in [0.15, 0.2) is 18.2 Å². The maximum absolute atomic E-state index is 12.9. The molecule has 0 saturated carbocycles. The summed E-state index contributed by atoms with van der Waals surface area (Å²) in [6.45, 7) is 2.94. The minimum absolute atomic E-state index is 0.292. The van der Waals surface area contributed by atoms with Crippen molar-refractivity contribution in [1.82, 2.24) is 0 Å². The number of alkyl halides is 3. The van der Waals surface area contributed by atoms with Gasteiger partial charge in [-0.15, -0.1) is 0 Å². The van der Waals surface area contributed by atoms with Crippen molar-refractivity contribution in [2.75, 3.05) is 11.4 Å². The monoisotopic (exact) mass is 296 g/mol. The molecule has 0 aliphatic carbocycles. The van der Waals surface area contributed by atoms with Crippen LogP contribution in [0.4, 0.5) is 18.9 Å². The fraction of sp³-hybridized carbons (Fsp3) is 0.562. The van der Waals surface area contributed by atoms with E-state index in [1.807, 2.05) is 0 Å². The van der Waals surface area contributed by atoms with Crippen molar-refractivity contribution in [3.8, 4) is 6.07 Å². The number of benzene rings is 1. The van der Waals surface area contributed by atoms with Gasteiger partial charge in [0.05, 0.1) is 17.2 Å². The van der Waals surface area contributed by atoms with E-state index >= 15 is 0 Å². The van der Waals surface area contributed by atoms with Crippen LogP contribution < -0.4 is 4.90 Å². The molecule has 114 valence electrons. The summed E-state index contributed by atoms with van der Waals surface area (Å²) in [5.74, 6) is 0. The zero-order chi connectivity index (χ0) is 15.5. The molecular formula is C16H19F3N2. The van der Waals surface area contributed by atoms with E-state index in [4.69, 9.17) is 5.26 Å². The molecule has 1 aromatic carbocycles. The van der Waals surface area contributed by atoms with Gasteiger partial charge in [-0.1, -0.05) is 19.8 Å². The lowest BCUT2D eigenvalue weighted by Gasteiger charge is -2.32. The molecule has 1 aromatic rings. The maximum atomic E-state index is 12.9. The van der Waals surface area contributed by atoms with E-state index in [9.17, 15) is 13.2 Å². The number of hydrogen-bond donors (Lipinski definition) is 0. The molecule has 1 atom stereocenters. The van der Waals surface area contributed by atoms with E-state index in [2.05, 4.69) is 11.8 Å². The average molecular weight is 296 g/mol. The van der Waals surface area contributed by atoms with Crippen molar-refractivity contribution in [3.63, 3.8) is 0 Å². The minimum atomic E-state index is -4.48. The molecule has 0 aromatic heterocycles. The van der Waals surface area contributed by atoms with E-state index in [0.717, 1.165) is 50.4 Å². The molecule has 2 nitrogen and oxygen atoms in total. The Labute approximate surface area is 123 Å². The lowest BCUT2D eigenvalue weighted by molar-refractivity contribution is -0.137. The zero-order valence-electron chi connectivity index (χ0n) is 12.1. The summed E-state index contributed by atoms with van der Waals surface area (Å²) >= 11 is 0. The summed E-state index contributed by atoms with van der Waals surface area (Å²) in [5.41, 5.74) is -0.413. The summed E-state index contributed by atoms with van der Waals surface area (Å²) in [6, 6.07) is 5.94. The first kappa shape index (κ1) is 15.7. The normalized spacial score (nSPS) is 20.0. The smallest absolute Gasteiger partial charge is 0.369 e. The van der Waals surface area contributed by atoms with Gasteiger partial charge < -0.3 is 4.90 Å². The van der Waals surface area contributed by atoms with Crippen molar-refractivity contribution < 1.29 is 13.2 Å². The fourth-order valence-electron chi connectivity index (χ4n) is 2.99. The Balaban J connectivity index is 2.38. The lowest BCUT2D eigenvalue weighted by Crippen LogP contribution is -2.34. The summed E-state index contributed by atoms with van der Waals surface area (Å²) < 4.78 is 38.6. The number of anilines is 1.